The topological polar surface area (TPSA) is 101 Å². The van der Waals surface area contributed by atoms with Crippen LogP contribution in [0.5, 0.6) is 0 Å². The Labute approximate surface area is 175 Å². The van der Waals surface area contributed by atoms with Crippen LogP contribution < -0.4 is 15.5 Å². The summed E-state index contributed by atoms with van der Waals surface area (Å²) < 4.78 is 0. The van der Waals surface area contributed by atoms with Crippen molar-refractivity contribution in [2.75, 3.05) is 36.8 Å². The summed E-state index contributed by atoms with van der Waals surface area (Å²) in [4.78, 5) is 32.3. The lowest BCUT2D eigenvalue weighted by Gasteiger charge is -2.35. The van der Waals surface area contributed by atoms with Gasteiger partial charge >= 0.3 is 6.03 Å². The molecule has 4 rings (SSSR count). The van der Waals surface area contributed by atoms with Crippen molar-refractivity contribution in [2.45, 2.75) is 43.0 Å². The summed E-state index contributed by atoms with van der Waals surface area (Å²) in [5.41, 5.74) is 0.577. The van der Waals surface area contributed by atoms with Gasteiger partial charge in [0.25, 0.3) is 0 Å². The van der Waals surface area contributed by atoms with Gasteiger partial charge in [0.15, 0.2) is 0 Å². The first-order valence-electron chi connectivity index (χ1n) is 10.2. The molecule has 0 spiro atoms. The summed E-state index contributed by atoms with van der Waals surface area (Å²) in [6, 6.07) is 6.18. The molecule has 9 heteroatoms. The fourth-order valence-electron chi connectivity index (χ4n) is 4.33. The number of nitriles is 1. The number of thioether (sulfide) groups is 1. The van der Waals surface area contributed by atoms with E-state index >= 15 is 0 Å². The minimum absolute atomic E-state index is 0.0489. The number of hydrogen-bond acceptors (Lipinski definition) is 6. The van der Waals surface area contributed by atoms with Gasteiger partial charge in [0.1, 0.15) is 11.9 Å². The standard InChI is InChI=1S/C20H26N6O2S/c21-12-14-4-3-7-22-19(14)26-10-8-25(9-11-26)17(27)6-2-1-5-16-18-15(13-29-16)23-20(28)24-18/h3-4,7,15-16,18H,1-2,5-6,8-11,13H2,(H2,23,24,28)/t15-,16-,18-/m0/s1. The molecule has 3 aliphatic rings. The quantitative estimate of drug-likeness (QED) is 0.538. The number of amides is 3. The third-order valence-corrected chi connectivity index (χ3v) is 7.42. The second-order valence-electron chi connectivity index (χ2n) is 7.72. The van der Waals surface area contributed by atoms with Crippen molar-refractivity contribution in [3.05, 3.63) is 23.9 Å². The van der Waals surface area contributed by atoms with Gasteiger partial charge in [0, 0.05) is 49.8 Å². The largest absolute Gasteiger partial charge is 0.352 e. The van der Waals surface area contributed by atoms with Crippen molar-refractivity contribution in [1.82, 2.24) is 20.5 Å². The van der Waals surface area contributed by atoms with Crippen LogP contribution in [0.25, 0.3) is 0 Å². The highest BCUT2D eigenvalue weighted by Crippen LogP contribution is 2.33. The van der Waals surface area contributed by atoms with E-state index in [0.717, 1.165) is 25.0 Å². The second-order valence-corrected chi connectivity index (χ2v) is 8.99. The summed E-state index contributed by atoms with van der Waals surface area (Å²) >= 11 is 1.92. The maximum absolute atomic E-state index is 12.6. The fourth-order valence-corrected chi connectivity index (χ4v) is 5.87. The van der Waals surface area contributed by atoms with Crippen molar-refractivity contribution < 1.29 is 9.59 Å². The van der Waals surface area contributed by atoms with Crippen LogP contribution in [0.1, 0.15) is 31.2 Å². The number of urea groups is 1. The van der Waals surface area contributed by atoms with Crippen LogP contribution >= 0.6 is 11.8 Å². The third-order valence-electron chi connectivity index (χ3n) is 5.91. The Balaban J connectivity index is 1.17. The molecule has 0 bridgehead atoms. The zero-order valence-corrected chi connectivity index (χ0v) is 17.2. The summed E-state index contributed by atoms with van der Waals surface area (Å²) in [7, 11) is 0. The number of pyridine rings is 1. The summed E-state index contributed by atoms with van der Waals surface area (Å²) in [6.07, 6.45) is 5.19. The molecule has 3 saturated heterocycles. The number of carbonyl (C=O) groups is 2. The first-order chi connectivity index (χ1) is 14.2. The highest BCUT2D eigenvalue weighted by molar-refractivity contribution is 8.00. The van der Waals surface area contributed by atoms with Gasteiger partial charge in [-0.25, -0.2) is 9.78 Å². The van der Waals surface area contributed by atoms with Crippen LogP contribution in [0.3, 0.4) is 0 Å². The molecule has 0 unspecified atom stereocenters. The van der Waals surface area contributed by atoms with Crippen molar-refractivity contribution in [3.63, 3.8) is 0 Å². The number of aromatic nitrogens is 1. The molecule has 154 valence electrons. The maximum Gasteiger partial charge on any atom is 0.315 e. The number of carbonyl (C=O) groups excluding carboxylic acids is 2. The molecule has 3 atom stereocenters. The van der Waals surface area contributed by atoms with Crippen LogP contribution in [0.15, 0.2) is 18.3 Å². The molecule has 29 heavy (non-hydrogen) atoms. The Morgan fingerprint density at radius 2 is 2.10 bits per heavy atom. The molecule has 3 aliphatic heterocycles. The minimum Gasteiger partial charge on any atom is -0.352 e. The van der Waals surface area contributed by atoms with E-state index in [1.165, 1.54) is 0 Å². The number of piperazine rings is 1. The normalized spacial score (nSPS) is 25.9. The summed E-state index contributed by atoms with van der Waals surface area (Å²) in [5.74, 6) is 1.89. The van der Waals surface area contributed by atoms with Crippen LogP contribution in [0, 0.1) is 11.3 Å². The Kier molecular flexibility index (Phi) is 6.09. The lowest BCUT2D eigenvalue weighted by molar-refractivity contribution is -0.131. The number of nitrogens with zero attached hydrogens (tertiary/aromatic N) is 4. The third kappa shape index (κ3) is 4.42. The number of hydrogen-bond donors (Lipinski definition) is 2. The van der Waals surface area contributed by atoms with Gasteiger partial charge in [-0.3, -0.25) is 4.79 Å². The van der Waals surface area contributed by atoms with E-state index in [-0.39, 0.29) is 24.0 Å². The average Bonchev–Trinajstić information content (AvgIpc) is 3.30. The molecule has 3 fully saturated rings. The molecular weight excluding hydrogens is 388 g/mol. The molecule has 0 aliphatic carbocycles. The molecule has 1 aromatic rings. The number of anilines is 1. The molecule has 2 N–H and O–H groups in total. The van der Waals surface area contributed by atoms with Crippen LogP contribution in [0.4, 0.5) is 10.6 Å². The SMILES string of the molecule is N#Cc1cccnc1N1CCN(C(=O)CCCC[C@@H]2SC[C@@H]3NC(=O)N[C@@H]32)CC1. The van der Waals surface area contributed by atoms with Gasteiger partial charge in [-0.1, -0.05) is 6.42 Å². The lowest BCUT2D eigenvalue weighted by Crippen LogP contribution is -2.49. The Bertz CT molecular complexity index is 804. The first kappa shape index (κ1) is 19.8. The van der Waals surface area contributed by atoms with Crippen molar-refractivity contribution in [2.24, 2.45) is 0 Å². The van der Waals surface area contributed by atoms with Gasteiger partial charge in [0.05, 0.1) is 17.6 Å². The molecule has 4 heterocycles. The highest BCUT2D eigenvalue weighted by atomic mass is 32.2. The molecule has 8 nitrogen and oxygen atoms in total. The fraction of sp³-hybridized carbons (Fsp3) is 0.600. The Hall–Kier alpha value is -2.47. The molecule has 0 radical (unpaired) electrons. The highest BCUT2D eigenvalue weighted by Gasteiger charge is 2.42. The number of unbranched alkanes of at least 4 members (excludes halogenated alkanes) is 1. The molecule has 3 amide bonds. The number of nitrogens with one attached hydrogen (secondary N) is 2. The van der Waals surface area contributed by atoms with E-state index in [9.17, 15) is 14.9 Å². The first-order valence-corrected chi connectivity index (χ1v) is 11.3. The van der Waals surface area contributed by atoms with E-state index in [1.54, 1.807) is 18.3 Å². The van der Waals surface area contributed by atoms with Crippen LogP contribution in [-0.4, -0.2) is 71.1 Å². The molecule has 1 aromatic heterocycles. The predicted molar refractivity (Wildman–Crippen MR) is 112 cm³/mol. The lowest BCUT2D eigenvalue weighted by atomic mass is 10.0. The van der Waals surface area contributed by atoms with Gasteiger partial charge < -0.3 is 20.4 Å². The van der Waals surface area contributed by atoms with Gasteiger partial charge in [-0.15, -0.1) is 0 Å². The monoisotopic (exact) mass is 414 g/mol. The van der Waals surface area contributed by atoms with E-state index in [2.05, 4.69) is 26.6 Å². The smallest absolute Gasteiger partial charge is 0.315 e. The second kappa shape index (κ2) is 8.91. The van der Waals surface area contributed by atoms with E-state index in [0.29, 0.717) is 49.2 Å². The Morgan fingerprint density at radius 1 is 1.28 bits per heavy atom. The van der Waals surface area contributed by atoms with Gasteiger partial charge in [-0.05, 0) is 25.0 Å². The summed E-state index contributed by atoms with van der Waals surface area (Å²) in [5, 5.41) is 15.7. The molecule has 0 saturated carbocycles. The number of fused-ring (bicyclic) bond motifs is 1. The average molecular weight is 415 g/mol. The summed E-state index contributed by atoms with van der Waals surface area (Å²) in [6.45, 7) is 2.73. The zero-order valence-electron chi connectivity index (χ0n) is 16.3. The number of rotatable bonds is 6. The van der Waals surface area contributed by atoms with Crippen molar-refractivity contribution in [1.29, 1.82) is 5.26 Å². The predicted octanol–water partition coefficient (Wildman–Crippen LogP) is 1.33. The van der Waals surface area contributed by atoms with Gasteiger partial charge in [0.2, 0.25) is 5.91 Å². The minimum atomic E-state index is -0.0489. The Morgan fingerprint density at radius 3 is 2.90 bits per heavy atom. The van der Waals surface area contributed by atoms with Gasteiger partial charge in [-0.2, -0.15) is 17.0 Å². The maximum atomic E-state index is 12.6. The van der Waals surface area contributed by atoms with Crippen molar-refractivity contribution >= 4 is 29.5 Å². The van der Waals surface area contributed by atoms with E-state index in [4.69, 9.17) is 0 Å². The zero-order chi connectivity index (χ0) is 20.2. The molecular formula is C20H26N6O2S. The van der Waals surface area contributed by atoms with E-state index in [1.807, 2.05) is 16.7 Å². The van der Waals surface area contributed by atoms with Crippen LogP contribution in [-0.2, 0) is 4.79 Å². The van der Waals surface area contributed by atoms with E-state index < -0.39 is 0 Å². The van der Waals surface area contributed by atoms with Crippen molar-refractivity contribution in [3.8, 4) is 6.07 Å². The van der Waals surface area contributed by atoms with Crippen LogP contribution in [0.2, 0.25) is 0 Å². The molecule has 0 aromatic carbocycles.